The Morgan fingerprint density at radius 3 is 2.36 bits per heavy atom. The molecule has 2 heteroatoms. The van der Waals surface area contributed by atoms with Gasteiger partial charge in [-0.1, -0.05) is 73.4 Å². The summed E-state index contributed by atoms with van der Waals surface area (Å²) in [5.41, 5.74) is 9.16. The fraction of sp³-hybridized carbons (Fsp3) is 0.351. The van der Waals surface area contributed by atoms with E-state index in [2.05, 4.69) is 106 Å². The number of benzene rings is 2. The number of rotatable bonds is 7. The third-order valence-electron chi connectivity index (χ3n) is 8.33. The molecule has 204 valence electrons. The quantitative estimate of drug-likeness (QED) is 0.331. The smallest absolute Gasteiger partial charge is 0.126 e. The van der Waals surface area contributed by atoms with Gasteiger partial charge in [0.05, 0.1) is 0 Å². The van der Waals surface area contributed by atoms with Crippen LogP contribution in [0.5, 0.6) is 0 Å². The molecule has 2 aromatic rings. The van der Waals surface area contributed by atoms with E-state index < -0.39 is 5.67 Å². The van der Waals surface area contributed by atoms with E-state index in [4.69, 9.17) is 0 Å². The maximum absolute atomic E-state index is 14.3. The minimum atomic E-state index is -1.25. The number of nitrogens with zero attached hydrogens (tertiary/aromatic N) is 1. The van der Waals surface area contributed by atoms with Gasteiger partial charge in [-0.2, -0.15) is 0 Å². The molecule has 0 N–H and O–H groups in total. The Morgan fingerprint density at radius 1 is 1.03 bits per heavy atom. The second kappa shape index (κ2) is 11.8. The van der Waals surface area contributed by atoms with Crippen molar-refractivity contribution in [2.75, 3.05) is 6.54 Å². The lowest BCUT2D eigenvalue weighted by Gasteiger charge is -2.27. The third-order valence-corrected chi connectivity index (χ3v) is 8.33. The lowest BCUT2D eigenvalue weighted by molar-refractivity contribution is 0.261. The van der Waals surface area contributed by atoms with Crippen molar-refractivity contribution in [2.24, 2.45) is 0 Å². The summed E-state index contributed by atoms with van der Waals surface area (Å²) < 4.78 is 14.3. The van der Waals surface area contributed by atoms with Crippen molar-refractivity contribution in [3.05, 3.63) is 117 Å². The highest BCUT2D eigenvalue weighted by atomic mass is 19.1. The average Bonchev–Trinajstić information content (AvgIpc) is 3.33. The molecule has 0 amide bonds. The van der Waals surface area contributed by atoms with Crippen LogP contribution in [0.1, 0.15) is 64.5 Å². The average molecular weight is 522 g/mol. The number of hydrogen-bond donors (Lipinski definition) is 0. The number of allylic oxidation sites excluding steroid dienone is 8. The van der Waals surface area contributed by atoms with Gasteiger partial charge in [0.25, 0.3) is 0 Å². The first-order valence-corrected chi connectivity index (χ1v) is 14.3. The van der Waals surface area contributed by atoms with Crippen LogP contribution in [0.4, 0.5) is 4.39 Å². The second-order valence-electron chi connectivity index (χ2n) is 11.8. The van der Waals surface area contributed by atoms with Gasteiger partial charge in [-0.05, 0) is 123 Å². The van der Waals surface area contributed by atoms with Gasteiger partial charge >= 0.3 is 0 Å². The van der Waals surface area contributed by atoms with Crippen LogP contribution < -0.4 is 10.4 Å². The highest BCUT2D eigenvalue weighted by Crippen LogP contribution is 2.31. The Bertz CT molecular complexity index is 1490. The van der Waals surface area contributed by atoms with Gasteiger partial charge in [0.15, 0.2) is 0 Å². The molecule has 1 aliphatic heterocycles. The Labute approximate surface area is 235 Å². The van der Waals surface area contributed by atoms with Crippen LogP contribution in [0.15, 0.2) is 95.8 Å². The van der Waals surface area contributed by atoms with E-state index >= 15 is 0 Å². The number of hydrogen-bond acceptors (Lipinski definition) is 1. The van der Waals surface area contributed by atoms with Gasteiger partial charge in [0, 0.05) is 23.9 Å². The maximum Gasteiger partial charge on any atom is 0.126 e. The van der Waals surface area contributed by atoms with E-state index in [1.165, 1.54) is 40.7 Å². The zero-order valence-electron chi connectivity index (χ0n) is 24.7. The van der Waals surface area contributed by atoms with Crippen molar-refractivity contribution >= 4 is 12.2 Å². The molecule has 0 aromatic heterocycles. The predicted molar refractivity (Wildman–Crippen MR) is 168 cm³/mol. The lowest BCUT2D eigenvalue weighted by Crippen LogP contribution is -2.32. The first-order valence-electron chi connectivity index (χ1n) is 14.3. The van der Waals surface area contributed by atoms with Crippen molar-refractivity contribution in [3.63, 3.8) is 0 Å². The molecule has 1 heterocycles. The number of likely N-dealkylation sites (tertiary alicyclic amines) is 1. The maximum atomic E-state index is 14.3. The molecule has 1 aliphatic carbocycles. The fourth-order valence-corrected chi connectivity index (χ4v) is 5.54. The summed E-state index contributed by atoms with van der Waals surface area (Å²) in [7, 11) is 0. The topological polar surface area (TPSA) is 3.24 Å². The van der Waals surface area contributed by atoms with E-state index in [1.54, 1.807) is 13.8 Å². The normalized spacial score (nSPS) is 19.3. The molecule has 2 aromatic carbocycles. The molecule has 0 radical (unpaired) electrons. The van der Waals surface area contributed by atoms with E-state index in [0.29, 0.717) is 6.04 Å². The van der Waals surface area contributed by atoms with Gasteiger partial charge in [-0.15, -0.1) is 0 Å². The summed E-state index contributed by atoms with van der Waals surface area (Å²) in [5.74, 6) is 0. The summed E-state index contributed by atoms with van der Waals surface area (Å²) in [4.78, 5) is 2.44. The lowest BCUT2D eigenvalue weighted by atomic mass is 9.89. The standard InChI is InChI=1S/C37H44FN/c1-25(11-14-31-15-19-34(20-16-31)37(7,8)38)22-36(30(6)39-21-9-10-29(39)5)35-24-33(18-13-27(35)3)32-17-12-26(2)28(4)23-32/h11-15,17-19,22-24,29H,3,6,9-10,16,20-21H2,1-2,4-5,7-8H3/b14-11+,25-22+,36-35+. The molecule has 0 bridgehead atoms. The van der Waals surface area contributed by atoms with Gasteiger partial charge in [0.1, 0.15) is 5.67 Å². The molecule has 1 atom stereocenters. The summed E-state index contributed by atoms with van der Waals surface area (Å²) in [6, 6.07) is 13.7. The van der Waals surface area contributed by atoms with Crippen LogP contribution in [0, 0.1) is 13.8 Å². The van der Waals surface area contributed by atoms with Gasteiger partial charge in [0.2, 0.25) is 0 Å². The van der Waals surface area contributed by atoms with Gasteiger partial charge < -0.3 is 4.90 Å². The SMILES string of the molecule is C=C(C(/C=C(C)/C=C/C1=CC=C(C(C)(C)F)CC1)=c1\cc(-c2ccc(C)c(C)c2)ccc1=C)N1CCCC1C. The van der Waals surface area contributed by atoms with E-state index in [0.717, 1.165) is 52.2 Å². The number of alkyl halides is 1. The zero-order chi connectivity index (χ0) is 28.3. The fourth-order valence-electron chi connectivity index (χ4n) is 5.54. The van der Waals surface area contributed by atoms with Crippen LogP contribution in [0.25, 0.3) is 23.3 Å². The number of aryl methyl sites for hydroxylation is 2. The minimum absolute atomic E-state index is 0.473. The van der Waals surface area contributed by atoms with Crippen LogP contribution in [0.3, 0.4) is 0 Å². The molecule has 0 spiro atoms. The second-order valence-corrected chi connectivity index (χ2v) is 11.8. The molecule has 4 rings (SSSR count). The monoisotopic (exact) mass is 521 g/mol. The Hall–Kier alpha value is -3.39. The summed E-state index contributed by atoms with van der Waals surface area (Å²) in [6.07, 6.45) is 14.6. The molecule has 0 saturated carbocycles. The first-order chi connectivity index (χ1) is 18.4. The Kier molecular flexibility index (Phi) is 8.64. The molecule has 1 saturated heterocycles. The van der Waals surface area contributed by atoms with Crippen molar-refractivity contribution in [1.29, 1.82) is 0 Å². The minimum Gasteiger partial charge on any atom is -0.369 e. The predicted octanol–water partition coefficient (Wildman–Crippen LogP) is 8.43. The highest BCUT2D eigenvalue weighted by molar-refractivity contribution is 5.75. The first kappa shape index (κ1) is 28.6. The van der Waals surface area contributed by atoms with E-state index in [-0.39, 0.29) is 0 Å². The summed E-state index contributed by atoms with van der Waals surface area (Å²) in [6.45, 7) is 22.1. The highest BCUT2D eigenvalue weighted by Gasteiger charge is 2.24. The van der Waals surface area contributed by atoms with Crippen LogP contribution in [-0.4, -0.2) is 23.2 Å². The van der Waals surface area contributed by atoms with Crippen LogP contribution >= 0.6 is 0 Å². The van der Waals surface area contributed by atoms with Crippen molar-refractivity contribution in [3.8, 4) is 11.1 Å². The van der Waals surface area contributed by atoms with Crippen molar-refractivity contribution < 1.29 is 4.39 Å². The molecule has 1 unspecified atom stereocenters. The van der Waals surface area contributed by atoms with Crippen LogP contribution in [-0.2, 0) is 0 Å². The third kappa shape index (κ3) is 6.79. The molecule has 1 fully saturated rings. The summed E-state index contributed by atoms with van der Waals surface area (Å²) >= 11 is 0. The Balaban J connectivity index is 1.78. The molecular formula is C37H44FN. The number of halogens is 1. The van der Waals surface area contributed by atoms with Crippen molar-refractivity contribution in [2.45, 2.75) is 78.9 Å². The van der Waals surface area contributed by atoms with Gasteiger partial charge in [-0.3, -0.25) is 0 Å². The van der Waals surface area contributed by atoms with E-state index in [1.807, 2.05) is 6.08 Å². The zero-order valence-corrected chi connectivity index (χ0v) is 24.7. The molecule has 39 heavy (non-hydrogen) atoms. The molecule has 1 nitrogen and oxygen atoms in total. The summed E-state index contributed by atoms with van der Waals surface area (Å²) in [5, 5.41) is 2.12. The molecule has 2 aliphatic rings. The largest absolute Gasteiger partial charge is 0.369 e. The van der Waals surface area contributed by atoms with Crippen LogP contribution in [0.2, 0.25) is 0 Å². The van der Waals surface area contributed by atoms with Crippen molar-refractivity contribution in [1.82, 2.24) is 4.90 Å². The van der Waals surface area contributed by atoms with Gasteiger partial charge in [-0.25, -0.2) is 4.39 Å². The van der Waals surface area contributed by atoms with E-state index in [9.17, 15) is 4.39 Å². The Morgan fingerprint density at radius 2 is 1.74 bits per heavy atom. The molecular weight excluding hydrogens is 477 g/mol.